The molecule has 1 rings (SSSR count). The highest BCUT2D eigenvalue weighted by Crippen LogP contribution is 2.35. The minimum atomic E-state index is -1.79. The first-order valence-electron chi connectivity index (χ1n) is 8.12. The van der Waals surface area contributed by atoms with Crippen molar-refractivity contribution in [3.63, 3.8) is 0 Å². The zero-order chi connectivity index (χ0) is 19.3. The SMILES string of the molecule is COC(=O)[C@H](CC#C[Si](C)(C)C(C)(C)C)NC(=O)c1ccc(F)cc1. The summed E-state index contributed by atoms with van der Waals surface area (Å²) in [4.78, 5) is 24.2. The summed E-state index contributed by atoms with van der Waals surface area (Å²) in [5.41, 5.74) is 3.58. The molecule has 0 heterocycles. The van der Waals surface area contributed by atoms with Gasteiger partial charge in [0, 0.05) is 12.0 Å². The van der Waals surface area contributed by atoms with Crippen LogP contribution in [0.1, 0.15) is 37.6 Å². The number of methoxy groups -OCH3 is 1. The number of hydrogen-bond acceptors (Lipinski definition) is 3. The van der Waals surface area contributed by atoms with Crippen molar-refractivity contribution in [2.75, 3.05) is 7.11 Å². The van der Waals surface area contributed by atoms with Crippen LogP contribution in [0.2, 0.25) is 18.1 Å². The fourth-order valence-electron chi connectivity index (χ4n) is 1.74. The lowest BCUT2D eigenvalue weighted by Crippen LogP contribution is -2.41. The number of esters is 1. The highest BCUT2D eigenvalue weighted by Gasteiger charge is 2.33. The number of hydrogen-bond donors (Lipinski definition) is 1. The van der Waals surface area contributed by atoms with E-state index in [9.17, 15) is 14.0 Å². The Labute approximate surface area is 150 Å². The molecule has 0 bridgehead atoms. The molecule has 0 radical (unpaired) electrons. The standard InChI is InChI=1S/C19H26FNO3Si/c1-19(2,3)25(5,6)13-7-8-16(18(23)24-4)21-17(22)14-9-11-15(20)12-10-14/h9-12,16H,8H2,1-6H3,(H,21,22)/t16-/m0/s1. The summed E-state index contributed by atoms with van der Waals surface area (Å²) in [6.45, 7) is 10.8. The Kier molecular flexibility index (Phi) is 6.94. The van der Waals surface area contributed by atoms with Gasteiger partial charge in [0.25, 0.3) is 5.91 Å². The number of rotatable bonds is 4. The summed E-state index contributed by atoms with van der Waals surface area (Å²) >= 11 is 0. The highest BCUT2D eigenvalue weighted by atomic mass is 28.3. The van der Waals surface area contributed by atoms with Crippen LogP contribution in [0.3, 0.4) is 0 Å². The van der Waals surface area contributed by atoms with E-state index in [1.165, 1.54) is 31.4 Å². The van der Waals surface area contributed by atoms with Crippen LogP contribution in [0.4, 0.5) is 4.39 Å². The molecule has 136 valence electrons. The Morgan fingerprint density at radius 1 is 1.24 bits per heavy atom. The largest absolute Gasteiger partial charge is 0.467 e. The lowest BCUT2D eigenvalue weighted by Gasteiger charge is -2.31. The van der Waals surface area contributed by atoms with Gasteiger partial charge in [-0.1, -0.05) is 33.9 Å². The maximum atomic E-state index is 12.9. The molecule has 0 fully saturated rings. The molecule has 6 heteroatoms. The summed E-state index contributed by atoms with van der Waals surface area (Å²) in [6.07, 6.45) is 0.173. The molecule has 0 spiro atoms. The summed E-state index contributed by atoms with van der Waals surface area (Å²) in [7, 11) is -0.530. The number of benzene rings is 1. The van der Waals surface area contributed by atoms with Gasteiger partial charge in [-0.05, 0) is 29.3 Å². The number of nitrogens with one attached hydrogen (secondary N) is 1. The Bertz CT molecular complexity index is 681. The predicted octanol–water partition coefficient (Wildman–Crippen LogP) is 3.54. The van der Waals surface area contributed by atoms with Crippen LogP contribution in [0.5, 0.6) is 0 Å². The average molecular weight is 364 g/mol. The third-order valence-corrected chi connectivity index (χ3v) is 9.03. The zero-order valence-corrected chi connectivity index (χ0v) is 16.7. The molecule has 0 unspecified atom stereocenters. The van der Waals surface area contributed by atoms with Crippen LogP contribution in [-0.2, 0) is 9.53 Å². The van der Waals surface area contributed by atoms with Gasteiger partial charge in [-0.25, -0.2) is 9.18 Å². The van der Waals surface area contributed by atoms with Gasteiger partial charge in [0.05, 0.1) is 7.11 Å². The summed E-state index contributed by atoms with van der Waals surface area (Å²) in [5.74, 6) is 1.60. The van der Waals surface area contributed by atoms with Gasteiger partial charge in [-0.15, -0.1) is 11.5 Å². The lowest BCUT2D eigenvalue weighted by atomic mass is 10.1. The van der Waals surface area contributed by atoms with Gasteiger partial charge in [0.15, 0.2) is 0 Å². The first kappa shape index (κ1) is 20.9. The van der Waals surface area contributed by atoms with Crippen molar-refractivity contribution in [3.05, 3.63) is 35.6 Å². The molecule has 1 N–H and O–H groups in total. The molecule has 1 atom stereocenters. The second kappa shape index (κ2) is 8.30. The van der Waals surface area contributed by atoms with E-state index in [2.05, 4.69) is 50.6 Å². The summed E-state index contributed by atoms with van der Waals surface area (Å²) in [5, 5.41) is 2.71. The molecule has 1 aromatic rings. The third-order valence-electron chi connectivity index (χ3n) is 4.48. The predicted molar refractivity (Wildman–Crippen MR) is 99.3 cm³/mol. The van der Waals surface area contributed by atoms with Crippen molar-refractivity contribution < 1.29 is 18.7 Å². The molecule has 0 saturated carbocycles. The molecule has 4 nitrogen and oxygen atoms in total. The third kappa shape index (κ3) is 6.02. The van der Waals surface area contributed by atoms with Crippen LogP contribution in [0, 0.1) is 17.3 Å². The Balaban J connectivity index is 2.88. The molecular formula is C19H26FNO3Si. The minimum absolute atomic E-state index is 0.109. The van der Waals surface area contributed by atoms with E-state index in [0.29, 0.717) is 0 Å². The highest BCUT2D eigenvalue weighted by molar-refractivity contribution is 6.87. The molecule has 0 aliphatic carbocycles. The summed E-state index contributed by atoms with van der Waals surface area (Å²) in [6, 6.07) is 4.25. The lowest BCUT2D eigenvalue weighted by molar-refractivity contribution is -0.142. The van der Waals surface area contributed by atoms with Gasteiger partial charge >= 0.3 is 5.97 Å². The van der Waals surface area contributed by atoms with E-state index >= 15 is 0 Å². The van der Waals surface area contributed by atoms with E-state index in [4.69, 9.17) is 4.74 Å². The number of ether oxygens (including phenoxy) is 1. The fraction of sp³-hybridized carbons (Fsp3) is 0.474. The van der Waals surface area contributed by atoms with Gasteiger partial charge in [0.1, 0.15) is 19.9 Å². The molecule has 1 aromatic carbocycles. The Hall–Kier alpha value is -2.13. The van der Waals surface area contributed by atoms with E-state index < -0.39 is 31.8 Å². The van der Waals surface area contributed by atoms with Gasteiger partial charge in [-0.3, -0.25) is 4.79 Å². The van der Waals surface area contributed by atoms with Crippen molar-refractivity contribution in [2.45, 2.75) is 51.4 Å². The summed E-state index contributed by atoms with van der Waals surface area (Å²) < 4.78 is 17.7. The van der Waals surface area contributed by atoms with Gasteiger partial charge in [0.2, 0.25) is 0 Å². The number of carbonyl (C=O) groups excluding carboxylic acids is 2. The monoisotopic (exact) mass is 363 g/mol. The van der Waals surface area contributed by atoms with E-state index in [-0.39, 0.29) is 17.0 Å². The van der Waals surface area contributed by atoms with Crippen LogP contribution in [-0.4, -0.2) is 33.1 Å². The smallest absolute Gasteiger partial charge is 0.329 e. The fourth-order valence-corrected chi connectivity index (χ4v) is 2.66. The van der Waals surface area contributed by atoms with Crippen molar-refractivity contribution in [1.29, 1.82) is 0 Å². The van der Waals surface area contributed by atoms with E-state index in [1.807, 2.05) is 0 Å². The molecule has 0 aromatic heterocycles. The topological polar surface area (TPSA) is 55.4 Å². The van der Waals surface area contributed by atoms with Crippen LogP contribution in [0.15, 0.2) is 24.3 Å². The van der Waals surface area contributed by atoms with Crippen molar-refractivity contribution in [1.82, 2.24) is 5.32 Å². The van der Waals surface area contributed by atoms with Crippen LogP contribution < -0.4 is 5.32 Å². The molecule has 0 aliphatic heterocycles. The van der Waals surface area contributed by atoms with E-state index in [1.54, 1.807) is 0 Å². The molecule has 25 heavy (non-hydrogen) atoms. The maximum absolute atomic E-state index is 12.9. The van der Waals surface area contributed by atoms with Crippen molar-refractivity contribution in [2.24, 2.45) is 0 Å². The maximum Gasteiger partial charge on any atom is 0.329 e. The van der Waals surface area contributed by atoms with E-state index in [0.717, 1.165) is 0 Å². The average Bonchev–Trinajstić information content (AvgIpc) is 2.52. The van der Waals surface area contributed by atoms with Crippen molar-refractivity contribution in [3.8, 4) is 11.5 Å². The van der Waals surface area contributed by atoms with Crippen LogP contribution >= 0.6 is 0 Å². The van der Waals surface area contributed by atoms with Gasteiger partial charge < -0.3 is 10.1 Å². The Morgan fingerprint density at radius 2 is 1.80 bits per heavy atom. The second-order valence-corrected chi connectivity index (χ2v) is 12.4. The van der Waals surface area contributed by atoms with Gasteiger partial charge in [-0.2, -0.15) is 0 Å². The molecular weight excluding hydrogens is 337 g/mol. The molecule has 0 aliphatic rings. The second-order valence-electron chi connectivity index (χ2n) is 7.44. The molecule has 0 saturated heterocycles. The van der Waals surface area contributed by atoms with Crippen molar-refractivity contribution >= 4 is 20.0 Å². The number of carbonyl (C=O) groups is 2. The van der Waals surface area contributed by atoms with Crippen LogP contribution in [0.25, 0.3) is 0 Å². The first-order chi connectivity index (χ1) is 11.5. The minimum Gasteiger partial charge on any atom is -0.467 e. The Morgan fingerprint density at radius 3 is 2.28 bits per heavy atom. The quantitative estimate of drug-likeness (QED) is 0.506. The molecule has 1 amide bonds. The normalized spacial score (nSPS) is 12.6. The number of amides is 1. The first-order valence-corrected chi connectivity index (χ1v) is 11.1. The zero-order valence-electron chi connectivity index (χ0n) is 15.7. The number of halogens is 1.